The maximum Gasteiger partial charge on any atom is 0.325 e. The monoisotopic (exact) mass is 484 g/mol. The molecule has 190 valence electrons. The van der Waals surface area contributed by atoms with Crippen molar-refractivity contribution in [3.8, 4) is 5.75 Å². The SMILES string of the molecule is CCCC1CCC(c2c(C)cc(OCCCCCCCCCCCP(=O)(O)O)cc2F)CC1. The lowest BCUT2D eigenvalue weighted by Crippen LogP contribution is -2.15. The van der Waals surface area contributed by atoms with Crippen LogP contribution in [0.15, 0.2) is 12.1 Å². The van der Waals surface area contributed by atoms with Crippen LogP contribution in [0.4, 0.5) is 4.39 Å². The molecule has 2 N–H and O–H groups in total. The van der Waals surface area contributed by atoms with Crippen LogP contribution in [0, 0.1) is 18.7 Å². The number of hydrogen-bond donors (Lipinski definition) is 2. The van der Waals surface area contributed by atoms with Crippen LogP contribution in [-0.2, 0) is 4.57 Å². The van der Waals surface area contributed by atoms with Crippen LogP contribution in [0.5, 0.6) is 5.75 Å². The number of unbranched alkanes of at least 4 members (excludes halogenated alkanes) is 8. The predicted molar refractivity (Wildman–Crippen MR) is 135 cm³/mol. The lowest BCUT2D eigenvalue weighted by Gasteiger charge is -2.30. The van der Waals surface area contributed by atoms with Crippen molar-refractivity contribution in [2.75, 3.05) is 12.8 Å². The Labute approximate surface area is 200 Å². The first-order valence-electron chi connectivity index (χ1n) is 13.3. The van der Waals surface area contributed by atoms with E-state index < -0.39 is 7.60 Å². The minimum Gasteiger partial charge on any atom is -0.493 e. The summed E-state index contributed by atoms with van der Waals surface area (Å²) in [6, 6.07) is 3.61. The van der Waals surface area contributed by atoms with Crippen molar-refractivity contribution < 1.29 is 23.5 Å². The topological polar surface area (TPSA) is 66.8 Å². The molecule has 33 heavy (non-hydrogen) atoms. The number of aryl methyl sites for hydroxylation is 1. The average molecular weight is 485 g/mol. The Morgan fingerprint density at radius 1 is 0.939 bits per heavy atom. The molecular weight excluding hydrogens is 438 g/mol. The van der Waals surface area contributed by atoms with Crippen LogP contribution in [0.25, 0.3) is 0 Å². The van der Waals surface area contributed by atoms with Gasteiger partial charge in [0.25, 0.3) is 0 Å². The van der Waals surface area contributed by atoms with Crippen molar-refractivity contribution in [3.63, 3.8) is 0 Å². The first kappa shape index (κ1) is 28.3. The van der Waals surface area contributed by atoms with Gasteiger partial charge in [-0.3, -0.25) is 4.57 Å². The number of ether oxygens (including phenoxy) is 1. The molecule has 1 fully saturated rings. The summed E-state index contributed by atoms with van der Waals surface area (Å²) in [4.78, 5) is 17.7. The van der Waals surface area contributed by atoms with Gasteiger partial charge in [0.1, 0.15) is 11.6 Å². The maximum atomic E-state index is 14.9. The zero-order chi connectivity index (χ0) is 24.1. The van der Waals surface area contributed by atoms with E-state index in [1.54, 1.807) is 6.07 Å². The highest BCUT2D eigenvalue weighted by Crippen LogP contribution is 2.40. The molecule has 6 heteroatoms. The molecule has 0 amide bonds. The Kier molecular flexibility index (Phi) is 13.0. The summed E-state index contributed by atoms with van der Waals surface area (Å²) in [6.07, 6.45) is 16.5. The fraction of sp³-hybridized carbons (Fsp3) is 0.778. The van der Waals surface area contributed by atoms with Crippen molar-refractivity contribution in [1.29, 1.82) is 0 Å². The quantitative estimate of drug-likeness (QED) is 0.183. The summed E-state index contributed by atoms with van der Waals surface area (Å²) in [7, 11) is -3.82. The highest BCUT2D eigenvalue weighted by molar-refractivity contribution is 7.51. The van der Waals surface area contributed by atoms with Crippen molar-refractivity contribution in [1.82, 2.24) is 0 Å². The van der Waals surface area contributed by atoms with Gasteiger partial charge in [-0.05, 0) is 74.5 Å². The molecule has 4 nitrogen and oxygen atoms in total. The molecule has 0 unspecified atom stereocenters. The Morgan fingerprint density at radius 2 is 1.52 bits per heavy atom. The van der Waals surface area contributed by atoms with Gasteiger partial charge in [-0.15, -0.1) is 0 Å². The molecule has 1 aliphatic rings. The van der Waals surface area contributed by atoms with E-state index in [1.807, 2.05) is 13.0 Å². The van der Waals surface area contributed by atoms with Gasteiger partial charge in [0.05, 0.1) is 6.61 Å². The molecule has 0 bridgehead atoms. The van der Waals surface area contributed by atoms with E-state index in [-0.39, 0.29) is 12.0 Å². The fourth-order valence-corrected chi connectivity index (χ4v) is 5.96. The van der Waals surface area contributed by atoms with E-state index in [9.17, 15) is 8.96 Å². The smallest absolute Gasteiger partial charge is 0.325 e. The molecule has 1 saturated carbocycles. The normalized spacial score (nSPS) is 19.1. The van der Waals surface area contributed by atoms with Gasteiger partial charge < -0.3 is 14.5 Å². The Balaban J connectivity index is 1.57. The van der Waals surface area contributed by atoms with Crippen LogP contribution in [0.3, 0.4) is 0 Å². The van der Waals surface area contributed by atoms with Gasteiger partial charge in [0, 0.05) is 12.2 Å². The number of hydrogen-bond acceptors (Lipinski definition) is 2. The Hall–Kier alpha value is -0.900. The molecular formula is C27H46FO4P. The molecule has 1 aromatic rings. The molecule has 0 radical (unpaired) electrons. The third-order valence-electron chi connectivity index (χ3n) is 7.12. The van der Waals surface area contributed by atoms with E-state index in [2.05, 4.69) is 6.92 Å². The molecule has 0 heterocycles. The minimum absolute atomic E-state index is 0.0131. The van der Waals surface area contributed by atoms with E-state index in [0.717, 1.165) is 62.0 Å². The fourth-order valence-electron chi connectivity index (χ4n) is 5.32. The Bertz CT molecular complexity index is 702. The minimum atomic E-state index is -3.82. The summed E-state index contributed by atoms with van der Waals surface area (Å²) >= 11 is 0. The molecule has 0 spiro atoms. The molecule has 2 rings (SSSR count). The molecule has 0 aromatic heterocycles. The zero-order valence-electron chi connectivity index (χ0n) is 20.9. The van der Waals surface area contributed by atoms with Crippen molar-refractivity contribution in [3.05, 3.63) is 29.1 Å². The van der Waals surface area contributed by atoms with Gasteiger partial charge in [0.15, 0.2) is 0 Å². The first-order chi connectivity index (χ1) is 15.8. The van der Waals surface area contributed by atoms with Crippen LogP contribution < -0.4 is 4.74 Å². The molecule has 1 aromatic carbocycles. The zero-order valence-corrected chi connectivity index (χ0v) is 21.8. The maximum absolute atomic E-state index is 14.9. The van der Waals surface area contributed by atoms with Gasteiger partial charge in [-0.2, -0.15) is 0 Å². The van der Waals surface area contributed by atoms with Crippen LogP contribution in [0.2, 0.25) is 0 Å². The third-order valence-corrected chi connectivity index (χ3v) is 8.02. The predicted octanol–water partition coefficient (Wildman–Crippen LogP) is 8.28. The molecule has 0 saturated heterocycles. The van der Waals surface area contributed by atoms with E-state index >= 15 is 0 Å². The van der Waals surface area contributed by atoms with E-state index in [4.69, 9.17) is 14.5 Å². The number of halogens is 1. The first-order valence-corrected chi connectivity index (χ1v) is 15.1. The number of benzene rings is 1. The lowest BCUT2D eigenvalue weighted by molar-refractivity contribution is 0.296. The average Bonchev–Trinajstić information content (AvgIpc) is 2.74. The molecule has 0 atom stereocenters. The van der Waals surface area contributed by atoms with Crippen molar-refractivity contribution in [2.24, 2.45) is 5.92 Å². The van der Waals surface area contributed by atoms with Gasteiger partial charge in [-0.25, -0.2) is 4.39 Å². The third kappa shape index (κ3) is 11.4. The van der Waals surface area contributed by atoms with Gasteiger partial charge in [0.2, 0.25) is 0 Å². The van der Waals surface area contributed by atoms with Gasteiger partial charge >= 0.3 is 7.60 Å². The number of rotatable bonds is 16. The summed E-state index contributed by atoms with van der Waals surface area (Å²) in [5, 5.41) is 0. The second-order valence-electron chi connectivity index (χ2n) is 10.1. The summed E-state index contributed by atoms with van der Waals surface area (Å²) < 4.78 is 31.6. The van der Waals surface area contributed by atoms with E-state index in [0.29, 0.717) is 24.7 Å². The van der Waals surface area contributed by atoms with Gasteiger partial charge in [-0.1, -0.05) is 64.7 Å². The molecule has 1 aliphatic carbocycles. The Morgan fingerprint density at radius 3 is 2.06 bits per heavy atom. The second kappa shape index (κ2) is 15.2. The van der Waals surface area contributed by atoms with Crippen molar-refractivity contribution in [2.45, 2.75) is 116 Å². The van der Waals surface area contributed by atoms with Crippen molar-refractivity contribution >= 4 is 7.60 Å². The molecule has 0 aliphatic heterocycles. The lowest BCUT2D eigenvalue weighted by atomic mass is 9.76. The largest absolute Gasteiger partial charge is 0.493 e. The van der Waals surface area contributed by atoms with Crippen LogP contribution in [-0.4, -0.2) is 22.6 Å². The highest BCUT2D eigenvalue weighted by Gasteiger charge is 2.25. The standard InChI is InChI=1S/C27H46FO4P/c1-3-13-23-14-16-24(17-15-23)27-22(2)20-25(21-26(27)28)32-18-11-9-7-5-4-6-8-10-12-19-33(29,30)31/h20-21,23-24H,3-19H2,1-2H3,(H2,29,30,31). The summed E-state index contributed by atoms with van der Waals surface area (Å²) in [6.45, 7) is 4.90. The summed E-state index contributed by atoms with van der Waals surface area (Å²) in [5.41, 5.74) is 1.95. The van der Waals surface area contributed by atoms with Crippen LogP contribution >= 0.6 is 7.60 Å². The summed E-state index contributed by atoms with van der Waals surface area (Å²) in [5.74, 6) is 1.75. The van der Waals surface area contributed by atoms with E-state index in [1.165, 1.54) is 44.9 Å². The van der Waals surface area contributed by atoms with Crippen LogP contribution in [0.1, 0.15) is 120 Å². The highest BCUT2D eigenvalue weighted by atomic mass is 31.2. The second-order valence-corrected chi connectivity index (χ2v) is 11.8.